The standard InChI is InChI=1S/C24H35N3O7/c1-20-23(24(29)27(25-20)21-5-3-2-4-6-21)22(28)19-26-7-9-30-11-13-32-15-17-34-18-16-33-14-12-31-10-8-26/h2-6,25H,7-19H2,1H3. The van der Waals surface area contributed by atoms with Crippen LogP contribution in [0.3, 0.4) is 0 Å². The number of Topliss-reactive ketones (excluding diaryl/α,β-unsaturated/α-hetero) is 1. The van der Waals surface area contributed by atoms with Crippen molar-refractivity contribution >= 4 is 5.78 Å². The largest absolute Gasteiger partial charge is 0.378 e. The first-order valence-corrected chi connectivity index (χ1v) is 11.7. The van der Waals surface area contributed by atoms with Crippen molar-refractivity contribution in [2.45, 2.75) is 6.92 Å². The quantitative estimate of drug-likeness (QED) is 0.652. The highest BCUT2D eigenvalue weighted by atomic mass is 16.6. The average Bonchev–Trinajstić information content (AvgIpc) is 3.14. The van der Waals surface area contributed by atoms with Crippen LogP contribution in [0, 0.1) is 6.92 Å². The highest BCUT2D eigenvalue weighted by Gasteiger charge is 2.21. The Kier molecular flexibility index (Phi) is 11.5. The van der Waals surface area contributed by atoms with Crippen LogP contribution in [0.2, 0.25) is 0 Å². The van der Waals surface area contributed by atoms with E-state index in [2.05, 4.69) is 5.10 Å². The normalized spacial score (nSPS) is 18.7. The van der Waals surface area contributed by atoms with Crippen LogP contribution < -0.4 is 5.56 Å². The lowest BCUT2D eigenvalue weighted by molar-refractivity contribution is -0.0182. The summed E-state index contributed by atoms with van der Waals surface area (Å²) in [5, 5.41) is 3.02. The summed E-state index contributed by atoms with van der Waals surface area (Å²) in [6.45, 7) is 7.69. The van der Waals surface area contributed by atoms with E-state index in [-0.39, 0.29) is 23.5 Å². The first-order valence-electron chi connectivity index (χ1n) is 11.7. The maximum Gasteiger partial charge on any atom is 0.282 e. The molecule has 1 aliphatic heterocycles. The van der Waals surface area contributed by atoms with Crippen LogP contribution in [0.5, 0.6) is 0 Å². The Labute approximate surface area is 199 Å². The molecule has 1 saturated heterocycles. The van der Waals surface area contributed by atoms with Crippen molar-refractivity contribution in [2.24, 2.45) is 0 Å². The van der Waals surface area contributed by atoms with Crippen LogP contribution in [0.25, 0.3) is 5.69 Å². The molecule has 0 spiro atoms. The summed E-state index contributed by atoms with van der Waals surface area (Å²) in [6, 6.07) is 9.19. The summed E-state index contributed by atoms with van der Waals surface area (Å²) in [4.78, 5) is 28.0. The van der Waals surface area contributed by atoms with Gasteiger partial charge in [0.05, 0.1) is 78.3 Å². The van der Waals surface area contributed by atoms with Gasteiger partial charge in [-0.25, -0.2) is 4.68 Å². The molecule has 1 aromatic heterocycles. The number of hydrogen-bond acceptors (Lipinski definition) is 8. The van der Waals surface area contributed by atoms with E-state index in [1.165, 1.54) is 4.68 Å². The molecule has 0 aliphatic carbocycles. The number of ether oxygens (including phenoxy) is 5. The second-order valence-electron chi connectivity index (χ2n) is 7.85. The molecule has 1 aliphatic rings. The number of para-hydroxylation sites is 1. The number of aryl methyl sites for hydroxylation is 1. The molecule has 1 aromatic carbocycles. The van der Waals surface area contributed by atoms with Crippen molar-refractivity contribution in [1.29, 1.82) is 0 Å². The third kappa shape index (κ3) is 8.46. The van der Waals surface area contributed by atoms with Gasteiger partial charge >= 0.3 is 0 Å². The maximum absolute atomic E-state index is 13.1. The number of rotatable bonds is 4. The summed E-state index contributed by atoms with van der Waals surface area (Å²) in [6.07, 6.45) is 0. The highest BCUT2D eigenvalue weighted by Crippen LogP contribution is 2.08. The Morgan fingerprint density at radius 3 is 1.76 bits per heavy atom. The zero-order valence-corrected chi connectivity index (χ0v) is 19.8. The molecule has 0 bridgehead atoms. The third-order valence-corrected chi connectivity index (χ3v) is 5.32. The van der Waals surface area contributed by atoms with Crippen molar-refractivity contribution in [2.75, 3.05) is 85.7 Å². The van der Waals surface area contributed by atoms with Crippen LogP contribution >= 0.6 is 0 Å². The number of aromatic amines is 1. The van der Waals surface area contributed by atoms with Gasteiger partial charge in [-0.05, 0) is 19.1 Å². The van der Waals surface area contributed by atoms with Gasteiger partial charge in [0.25, 0.3) is 5.56 Å². The Morgan fingerprint density at radius 1 is 0.794 bits per heavy atom. The monoisotopic (exact) mass is 477 g/mol. The molecular formula is C24H35N3O7. The van der Waals surface area contributed by atoms with E-state index in [0.717, 1.165) is 0 Å². The van der Waals surface area contributed by atoms with Crippen LogP contribution in [0.15, 0.2) is 35.1 Å². The van der Waals surface area contributed by atoms with E-state index >= 15 is 0 Å². The van der Waals surface area contributed by atoms with Gasteiger partial charge < -0.3 is 23.7 Å². The zero-order valence-electron chi connectivity index (χ0n) is 19.8. The molecule has 0 unspecified atom stereocenters. The summed E-state index contributed by atoms with van der Waals surface area (Å²) in [5.41, 5.74) is 1.06. The Hall–Kier alpha value is -2.34. The Balaban J connectivity index is 1.59. The summed E-state index contributed by atoms with van der Waals surface area (Å²) >= 11 is 0. The molecular weight excluding hydrogens is 442 g/mol. The van der Waals surface area contributed by atoms with E-state index in [1.807, 2.05) is 35.2 Å². The number of aromatic nitrogens is 2. The van der Waals surface area contributed by atoms with Crippen molar-refractivity contribution in [3.63, 3.8) is 0 Å². The van der Waals surface area contributed by atoms with Crippen molar-refractivity contribution in [3.05, 3.63) is 51.9 Å². The van der Waals surface area contributed by atoms with E-state index < -0.39 is 0 Å². The number of hydrogen-bond donors (Lipinski definition) is 1. The number of nitrogens with one attached hydrogen (secondary N) is 1. The van der Waals surface area contributed by atoms with E-state index in [9.17, 15) is 9.59 Å². The van der Waals surface area contributed by atoms with Crippen molar-refractivity contribution in [1.82, 2.24) is 14.7 Å². The van der Waals surface area contributed by atoms with Gasteiger partial charge in [-0.1, -0.05) is 18.2 Å². The van der Waals surface area contributed by atoms with Gasteiger partial charge in [0, 0.05) is 18.8 Å². The number of carbonyl (C=O) groups is 1. The van der Waals surface area contributed by atoms with Crippen LogP contribution in [-0.4, -0.2) is 106 Å². The number of nitrogens with zero attached hydrogens (tertiary/aromatic N) is 2. The smallest absolute Gasteiger partial charge is 0.282 e. The van der Waals surface area contributed by atoms with Gasteiger partial charge in [-0.2, -0.15) is 0 Å². The van der Waals surface area contributed by atoms with Gasteiger partial charge in [-0.15, -0.1) is 0 Å². The first kappa shape index (κ1) is 26.3. The lowest BCUT2D eigenvalue weighted by Gasteiger charge is -2.21. The number of benzene rings is 1. The van der Waals surface area contributed by atoms with E-state index in [1.54, 1.807) is 6.92 Å². The molecule has 0 saturated carbocycles. The molecule has 1 fully saturated rings. The van der Waals surface area contributed by atoms with E-state index in [0.29, 0.717) is 90.5 Å². The lowest BCUT2D eigenvalue weighted by atomic mass is 10.1. The second-order valence-corrected chi connectivity index (χ2v) is 7.85. The van der Waals surface area contributed by atoms with Crippen LogP contribution in [0.1, 0.15) is 16.1 Å². The second kappa shape index (κ2) is 14.8. The molecule has 0 atom stereocenters. The minimum Gasteiger partial charge on any atom is -0.378 e. The highest BCUT2D eigenvalue weighted by molar-refractivity contribution is 5.98. The molecule has 1 N–H and O–H groups in total. The number of H-pyrrole nitrogens is 1. The summed E-state index contributed by atoms with van der Waals surface area (Å²) < 4.78 is 29.1. The van der Waals surface area contributed by atoms with E-state index in [4.69, 9.17) is 23.7 Å². The number of carbonyl (C=O) groups excluding carboxylic acids is 1. The molecule has 10 heteroatoms. The van der Waals surface area contributed by atoms with Gasteiger partial charge in [0.15, 0.2) is 5.78 Å². The molecule has 188 valence electrons. The molecule has 2 aromatic rings. The molecule has 3 rings (SSSR count). The molecule has 0 radical (unpaired) electrons. The summed E-state index contributed by atoms with van der Waals surface area (Å²) in [5.74, 6) is -0.234. The molecule has 2 heterocycles. The van der Waals surface area contributed by atoms with Crippen LogP contribution in [-0.2, 0) is 23.7 Å². The Bertz CT molecular complexity index is 895. The first-order chi connectivity index (χ1) is 16.7. The Morgan fingerprint density at radius 2 is 1.26 bits per heavy atom. The zero-order chi connectivity index (χ0) is 24.0. The van der Waals surface area contributed by atoms with Crippen molar-refractivity contribution < 1.29 is 28.5 Å². The van der Waals surface area contributed by atoms with Gasteiger partial charge in [0.2, 0.25) is 0 Å². The van der Waals surface area contributed by atoms with Crippen molar-refractivity contribution in [3.8, 4) is 5.69 Å². The average molecular weight is 478 g/mol. The van der Waals surface area contributed by atoms with Crippen LogP contribution in [0.4, 0.5) is 0 Å². The molecule has 34 heavy (non-hydrogen) atoms. The molecule has 0 amide bonds. The maximum atomic E-state index is 13.1. The minimum atomic E-state index is -0.346. The summed E-state index contributed by atoms with van der Waals surface area (Å²) in [7, 11) is 0. The predicted octanol–water partition coefficient (Wildman–Crippen LogP) is 1.06. The number of ketones is 1. The predicted molar refractivity (Wildman–Crippen MR) is 126 cm³/mol. The fourth-order valence-corrected chi connectivity index (χ4v) is 3.55. The molecule has 10 nitrogen and oxygen atoms in total. The van der Waals surface area contributed by atoms with Gasteiger partial charge in [0.1, 0.15) is 5.56 Å². The lowest BCUT2D eigenvalue weighted by Crippen LogP contribution is -2.37. The fraction of sp³-hybridized carbons (Fsp3) is 0.583. The topological polar surface area (TPSA) is 104 Å². The SMILES string of the molecule is Cc1[nH]n(-c2ccccc2)c(=O)c1C(=O)CN1CCOCCOCCOCCOCCOCC1. The fourth-order valence-electron chi connectivity index (χ4n) is 3.55. The van der Waals surface area contributed by atoms with Gasteiger partial charge in [-0.3, -0.25) is 19.6 Å². The third-order valence-electron chi connectivity index (χ3n) is 5.32. The minimum absolute atomic E-state index is 0.0970.